The van der Waals surface area contributed by atoms with E-state index in [0.29, 0.717) is 32.8 Å². The molecule has 20 heavy (non-hydrogen) atoms. The minimum Gasteiger partial charge on any atom is -0.464 e. The van der Waals surface area contributed by atoms with Crippen LogP contribution in [0.2, 0.25) is 0 Å². The number of carbonyl (C=O) groups excluding carboxylic acids is 1. The smallest absolute Gasteiger partial charge is 0.340 e. The van der Waals surface area contributed by atoms with Crippen molar-refractivity contribution in [3.05, 3.63) is 35.9 Å². The summed E-state index contributed by atoms with van der Waals surface area (Å²) >= 11 is 0. The zero-order valence-corrected chi connectivity index (χ0v) is 12.0. The first-order chi connectivity index (χ1) is 9.77. The second-order valence-electron chi connectivity index (χ2n) is 4.95. The van der Waals surface area contributed by atoms with Crippen molar-refractivity contribution >= 4 is 5.97 Å². The van der Waals surface area contributed by atoms with Crippen LogP contribution in [0.5, 0.6) is 0 Å². The van der Waals surface area contributed by atoms with Crippen LogP contribution in [0.3, 0.4) is 0 Å². The molecule has 0 saturated carbocycles. The van der Waals surface area contributed by atoms with E-state index < -0.39 is 5.60 Å². The molecule has 1 saturated heterocycles. The highest BCUT2D eigenvalue weighted by atomic mass is 16.6. The molecule has 0 spiro atoms. The molecule has 1 heterocycles. The van der Waals surface area contributed by atoms with Crippen molar-refractivity contribution in [2.45, 2.75) is 31.8 Å². The fourth-order valence-electron chi connectivity index (χ4n) is 2.08. The third-order valence-electron chi connectivity index (χ3n) is 3.39. The number of esters is 1. The molecular formula is C16H22O4. The van der Waals surface area contributed by atoms with Gasteiger partial charge in [-0.1, -0.05) is 30.3 Å². The highest BCUT2D eigenvalue weighted by Crippen LogP contribution is 2.32. The molecule has 0 aromatic heterocycles. The molecule has 1 unspecified atom stereocenters. The SMILES string of the molecule is CCOC(=O)C1(CCOCCCc2ccccc2)CO1. The maximum atomic E-state index is 11.6. The van der Waals surface area contributed by atoms with Crippen LogP contribution in [0, 0.1) is 0 Å². The van der Waals surface area contributed by atoms with Gasteiger partial charge >= 0.3 is 5.97 Å². The molecule has 4 nitrogen and oxygen atoms in total. The molecule has 0 radical (unpaired) electrons. The highest BCUT2D eigenvalue weighted by Gasteiger charge is 2.53. The van der Waals surface area contributed by atoms with E-state index in [1.807, 2.05) is 18.2 Å². The van der Waals surface area contributed by atoms with Crippen LogP contribution in [-0.4, -0.2) is 38.0 Å². The van der Waals surface area contributed by atoms with Crippen LogP contribution < -0.4 is 0 Å². The van der Waals surface area contributed by atoms with Crippen LogP contribution in [0.25, 0.3) is 0 Å². The normalized spacial score (nSPS) is 20.6. The van der Waals surface area contributed by atoms with Gasteiger partial charge in [0, 0.05) is 19.6 Å². The van der Waals surface area contributed by atoms with Crippen LogP contribution in [0.1, 0.15) is 25.3 Å². The minimum absolute atomic E-state index is 0.257. The van der Waals surface area contributed by atoms with Gasteiger partial charge in [-0.2, -0.15) is 0 Å². The first kappa shape index (κ1) is 15.0. The maximum Gasteiger partial charge on any atom is 0.340 e. The summed E-state index contributed by atoms with van der Waals surface area (Å²) in [5, 5.41) is 0. The van der Waals surface area contributed by atoms with Crippen molar-refractivity contribution in [1.29, 1.82) is 0 Å². The Kier molecular flexibility index (Phi) is 5.56. The molecule has 1 atom stereocenters. The molecule has 1 aliphatic heterocycles. The number of rotatable bonds is 9. The summed E-state index contributed by atoms with van der Waals surface area (Å²) in [5.41, 5.74) is 0.611. The topological polar surface area (TPSA) is 48.1 Å². The van der Waals surface area contributed by atoms with E-state index in [9.17, 15) is 4.79 Å². The summed E-state index contributed by atoms with van der Waals surface area (Å²) in [6, 6.07) is 10.3. The van der Waals surface area contributed by atoms with Gasteiger partial charge in [-0.3, -0.25) is 0 Å². The zero-order chi connectivity index (χ0) is 14.3. The molecule has 4 heteroatoms. The third kappa shape index (κ3) is 4.32. The first-order valence-electron chi connectivity index (χ1n) is 7.20. The van der Waals surface area contributed by atoms with E-state index in [-0.39, 0.29) is 5.97 Å². The molecule has 1 aliphatic rings. The molecule has 0 N–H and O–H groups in total. The molecule has 1 aromatic carbocycles. The van der Waals surface area contributed by atoms with Gasteiger partial charge in [0.25, 0.3) is 0 Å². The number of ether oxygens (including phenoxy) is 3. The standard InChI is InChI=1S/C16H22O4/c1-2-19-15(17)16(13-20-16)10-12-18-11-6-9-14-7-4-3-5-8-14/h3-5,7-8H,2,6,9-13H2,1H3. The van der Waals surface area contributed by atoms with Gasteiger partial charge in [-0.05, 0) is 25.3 Å². The van der Waals surface area contributed by atoms with Gasteiger partial charge in [0.05, 0.1) is 13.2 Å². The Labute approximate surface area is 120 Å². The number of hydrogen-bond acceptors (Lipinski definition) is 4. The minimum atomic E-state index is -0.713. The number of carbonyl (C=O) groups is 1. The third-order valence-corrected chi connectivity index (χ3v) is 3.39. The Morgan fingerprint density at radius 1 is 1.30 bits per heavy atom. The molecule has 110 valence electrons. The Morgan fingerprint density at radius 2 is 2.05 bits per heavy atom. The van der Waals surface area contributed by atoms with Crippen LogP contribution >= 0.6 is 0 Å². The lowest BCUT2D eigenvalue weighted by atomic mass is 10.1. The molecule has 2 rings (SSSR count). The van der Waals surface area contributed by atoms with Gasteiger partial charge in [-0.15, -0.1) is 0 Å². The quantitative estimate of drug-likeness (QED) is 0.395. The van der Waals surface area contributed by atoms with Crippen molar-refractivity contribution in [2.24, 2.45) is 0 Å². The molecular weight excluding hydrogens is 256 g/mol. The molecule has 1 aromatic rings. The van der Waals surface area contributed by atoms with Crippen molar-refractivity contribution in [3.63, 3.8) is 0 Å². The lowest BCUT2D eigenvalue weighted by Gasteiger charge is -2.10. The number of benzene rings is 1. The number of hydrogen-bond donors (Lipinski definition) is 0. The zero-order valence-electron chi connectivity index (χ0n) is 12.0. The van der Waals surface area contributed by atoms with Crippen molar-refractivity contribution in [1.82, 2.24) is 0 Å². The van der Waals surface area contributed by atoms with Crippen LogP contribution in [-0.2, 0) is 25.4 Å². The van der Waals surface area contributed by atoms with Gasteiger partial charge < -0.3 is 14.2 Å². The molecule has 0 aliphatic carbocycles. The van der Waals surface area contributed by atoms with E-state index in [0.717, 1.165) is 12.8 Å². The fourth-order valence-corrected chi connectivity index (χ4v) is 2.08. The van der Waals surface area contributed by atoms with Crippen molar-refractivity contribution in [2.75, 3.05) is 26.4 Å². The highest BCUT2D eigenvalue weighted by molar-refractivity contribution is 5.82. The molecule has 0 amide bonds. The number of aryl methyl sites for hydroxylation is 1. The summed E-state index contributed by atoms with van der Waals surface area (Å²) in [5.74, 6) is -0.257. The Balaban J connectivity index is 1.55. The van der Waals surface area contributed by atoms with Gasteiger partial charge in [0.1, 0.15) is 0 Å². The van der Waals surface area contributed by atoms with Gasteiger partial charge in [-0.25, -0.2) is 4.79 Å². The van der Waals surface area contributed by atoms with Crippen LogP contribution in [0.4, 0.5) is 0 Å². The Hall–Kier alpha value is -1.39. The largest absolute Gasteiger partial charge is 0.464 e. The van der Waals surface area contributed by atoms with E-state index >= 15 is 0 Å². The summed E-state index contributed by atoms with van der Waals surface area (Å²) < 4.78 is 15.8. The predicted octanol–water partition coefficient (Wildman–Crippen LogP) is 2.36. The molecule has 1 fully saturated rings. The first-order valence-corrected chi connectivity index (χ1v) is 7.20. The van der Waals surface area contributed by atoms with Crippen LogP contribution in [0.15, 0.2) is 30.3 Å². The maximum absolute atomic E-state index is 11.6. The number of epoxide rings is 1. The lowest BCUT2D eigenvalue weighted by Crippen LogP contribution is -2.28. The lowest BCUT2D eigenvalue weighted by molar-refractivity contribution is -0.150. The second kappa shape index (κ2) is 7.41. The van der Waals surface area contributed by atoms with E-state index in [1.165, 1.54) is 5.56 Å². The monoisotopic (exact) mass is 278 g/mol. The second-order valence-corrected chi connectivity index (χ2v) is 4.95. The van der Waals surface area contributed by atoms with E-state index in [2.05, 4.69) is 12.1 Å². The summed E-state index contributed by atoms with van der Waals surface area (Å²) in [4.78, 5) is 11.6. The van der Waals surface area contributed by atoms with Gasteiger partial charge in [0.15, 0.2) is 5.60 Å². The fraction of sp³-hybridized carbons (Fsp3) is 0.562. The predicted molar refractivity (Wildman–Crippen MR) is 75.5 cm³/mol. The Bertz CT molecular complexity index is 412. The summed E-state index contributed by atoms with van der Waals surface area (Å²) in [7, 11) is 0. The average molecular weight is 278 g/mol. The van der Waals surface area contributed by atoms with E-state index in [1.54, 1.807) is 6.92 Å². The van der Waals surface area contributed by atoms with E-state index in [4.69, 9.17) is 14.2 Å². The molecule has 0 bridgehead atoms. The van der Waals surface area contributed by atoms with Crippen molar-refractivity contribution in [3.8, 4) is 0 Å². The Morgan fingerprint density at radius 3 is 2.70 bits per heavy atom. The van der Waals surface area contributed by atoms with Crippen molar-refractivity contribution < 1.29 is 19.0 Å². The summed E-state index contributed by atoms with van der Waals surface area (Å²) in [6.45, 7) is 3.89. The average Bonchev–Trinajstić information content (AvgIpc) is 3.25. The summed E-state index contributed by atoms with van der Waals surface area (Å²) in [6.07, 6.45) is 2.58. The van der Waals surface area contributed by atoms with Gasteiger partial charge in [0.2, 0.25) is 0 Å².